The van der Waals surface area contributed by atoms with Crippen molar-refractivity contribution in [2.45, 2.75) is 12.5 Å². The second-order valence-electron chi connectivity index (χ2n) is 6.17. The maximum atomic E-state index is 12.9. The molecular formula is C18H18Cl2N2O3S. The van der Waals surface area contributed by atoms with Crippen LogP contribution in [-0.4, -0.2) is 38.4 Å². The highest BCUT2D eigenvalue weighted by atomic mass is 35.5. The maximum Gasteiger partial charge on any atom is 0.246 e. The van der Waals surface area contributed by atoms with Gasteiger partial charge in [-0.05, 0) is 36.8 Å². The molecule has 2 aromatic rings. The van der Waals surface area contributed by atoms with E-state index in [1.54, 1.807) is 35.2 Å². The zero-order valence-corrected chi connectivity index (χ0v) is 16.2. The molecule has 138 valence electrons. The SMILES string of the molecule is O=C(CNc1cc(Cl)cc(Cl)c1)N(c1ccccc1)C1CCS(=O)(=O)C1. The average molecular weight is 413 g/mol. The third-order valence-corrected chi connectivity index (χ3v) is 6.37. The van der Waals surface area contributed by atoms with E-state index in [-0.39, 0.29) is 30.0 Å². The third-order valence-electron chi connectivity index (χ3n) is 4.18. The normalized spacial score (nSPS) is 18.5. The van der Waals surface area contributed by atoms with Crippen LogP contribution >= 0.6 is 23.2 Å². The number of anilines is 2. The van der Waals surface area contributed by atoms with E-state index in [1.165, 1.54) is 0 Å². The molecule has 5 nitrogen and oxygen atoms in total. The molecule has 1 fully saturated rings. The molecule has 1 aliphatic rings. The molecule has 1 N–H and O–H groups in total. The van der Waals surface area contributed by atoms with E-state index in [9.17, 15) is 13.2 Å². The number of nitrogens with zero attached hydrogens (tertiary/aromatic N) is 1. The highest BCUT2D eigenvalue weighted by Crippen LogP contribution is 2.25. The lowest BCUT2D eigenvalue weighted by Crippen LogP contribution is -2.44. The largest absolute Gasteiger partial charge is 0.376 e. The van der Waals surface area contributed by atoms with Gasteiger partial charge in [-0.25, -0.2) is 8.42 Å². The van der Waals surface area contributed by atoms with Crippen molar-refractivity contribution in [3.8, 4) is 0 Å². The molecule has 0 radical (unpaired) electrons. The van der Waals surface area contributed by atoms with Crippen LogP contribution in [0.1, 0.15) is 6.42 Å². The summed E-state index contributed by atoms with van der Waals surface area (Å²) >= 11 is 11.9. The van der Waals surface area contributed by atoms with Gasteiger partial charge in [-0.15, -0.1) is 0 Å². The average Bonchev–Trinajstić information content (AvgIpc) is 2.93. The zero-order valence-electron chi connectivity index (χ0n) is 13.9. The molecule has 0 saturated carbocycles. The van der Waals surface area contributed by atoms with Crippen molar-refractivity contribution in [3.05, 3.63) is 58.6 Å². The van der Waals surface area contributed by atoms with Crippen LogP contribution in [-0.2, 0) is 14.6 Å². The van der Waals surface area contributed by atoms with Gasteiger partial charge in [-0.2, -0.15) is 0 Å². The standard InChI is InChI=1S/C18H18Cl2N2O3S/c19-13-8-14(20)10-15(9-13)21-11-18(23)22(16-4-2-1-3-5-16)17-6-7-26(24,25)12-17/h1-5,8-10,17,21H,6-7,11-12H2. The topological polar surface area (TPSA) is 66.5 Å². The van der Waals surface area contributed by atoms with E-state index in [1.807, 2.05) is 18.2 Å². The molecule has 26 heavy (non-hydrogen) atoms. The molecule has 8 heteroatoms. The van der Waals surface area contributed by atoms with Crippen molar-refractivity contribution in [1.29, 1.82) is 0 Å². The van der Waals surface area contributed by atoms with Gasteiger partial charge in [0.05, 0.1) is 24.1 Å². The summed E-state index contributed by atoms with van der Waals surface area (Å²) in [5, 5.41) is 3.94. The Morgan fingerprint density at radius 3 is 2.35 bits per heavy atom. The highest BCUT2D eigenvalue weighted by Gasteiger charge is 2.35. The van der Waals surface area contributed by atoms with Crippen LogP contribution in [0.4, 0.5) is 11.4 Å². The molecule has 2 aromatic carbocycles. The zero-order chi connectivity index (χ0) is 18.7. The Morgan fingerprint density at radius 2 is 1.77 bits per heavy atom. The minimum Gasteiger partial charge on any atom is -0.376 e. The second-order valence-corrected chi connectivity index (χ2v) is 9.27. The van der Waals surface area contributed by atoms with Crippen molar-refractivity contribution in [1.82, 2.24) is 0 Å². The van der Waals surface area contributed by atoms with Gasteiger partial charge in [0.1, 0.15) is 0 Å². The van der Waals surface area contributed by atoms with Crippen molar-refractivity contribution < 1.29 is 13.2 Å². The fourth-order valence-electron chi connectivity index (χ4n) is 3.04. The summed E-state index contributed by atoms with van der Waals surface area (Å²) in [5.41, 5.74) is 1.31. The van der Waals surface area contributed by atoms with Gasteiger partial charge in [-0.3, -0.25) is 4.79 Å². The van der Waals surface area contributed by atoms with E-state index in [0.29, 0.717) is 27.8 Å². The minimum absolute atomic E-state index is 0.00210. The number of halogens is 2. The summed E-state index contributed by atoms with van der Waals surface area (Å²) in [6, 6.07) is 13.7. The quantitative estimate of drug-likeness (QED) is 0.813. The molecular weight excluding hydrogens is 395 g/mol. The summed E-state index contributed by atoms with van der Waals surface area (Å²) < 4.78 is 23.7. The number of sulfone groups is 1. The summed E-state index contributed by atoms with van der Waals surface area (Å²) in [4.78, 5) is 14.5. The van der Waals surface area contributed by atoms with Crippen molar-refractivity contribution in [2.24, 2.45) is 0 Å². The Balaban J connectivity index is 1.79. The monoisotopic (exact) mass is 412 g/mol. The molecule has 1 unspecified atom stereocenters. The third kappa shape index (κ3) is 4.69. The fraction of sp³-hybridized carbons (Fsp3) is 0.278. The van der Waals surface area contributed by atoms with Crippen LogP contribution in [0, 0.1) is 0 Å². The van der Waals surface area contributed by atoms with Crippen LogP contribution in [0.15, 0.2) is 48.5 Å². The predicted octanol–water partition coefficient (Wildman–Crippen LogP) is 3.63. The van der Waals surface area contributed by atoms with Gasteiger partial charge in [-0.1, -0.05) is 41.4 Å². The lowest BCUT2D eigenvalue weighted by atomic mass is 10.1. The molecule has 1 amide bonds. The molecule has 0 spiro atoms. The number of carbonyl (C=O) groups is 1. The molecule has 0 bridgehead atoms. The number of rotatable bonds is 5. The predicted molar refractivity (Wildman–Crippen MR) is 106 cm³/mol. The van der Waals surface area contributed by atoms with E-state index in [2.05, 4.69) is 5.32 Å². The number of amides is 1. The second kappa shape index (κ2) is 7.86. The lowest BCUT2D eigenvalue weighted by Gasteiger charge is -2.28. The summed E-state index contributed by atoms with van der Waals surface area (Å²) in [7, 11) is -3.11. The first kappa shape index (κ1) is 19.0. The van der Waals surface area contributed by atoms with Gasteiger partial charge < -0.3 is 10.2 Å². The summed E-state index contributed by atoms with van der Waals surface area (Å²) in [5.74, 6) is -0.128. The first-order valence-corrected chi connectivity index (χ1v) is 10.7. The van der Waals surface area contributed by atoms with Gasteiger partial charge >= 0.3 is 0 Å². The van der Waals surface area contributed by atoms with Crippen LogP contribution in [0.5, 0.6) is 0 Å². The first-order chi connectivity index (χ1) is 12.3. The smallest absolute Gasteiger partial charge is 0.246 e. The van der Waals surface area contributed by atoms with E-state index >= 15 is 0 Å². The maximum absolute atomic E-state index is 12.9. The van der Waals surface area contributed by atoms with Crippen LogP contribution in [0.2, 0.25) is 10.0 Å². The molecule has 0 aliphatic carbocycles. The number of hydrogen-bond donors (Lipinski definition) is 1. The van der Waals surface area contributed by atoms with Gasteiger partial charge in [0.25, 0.3) is 0 Å². The van der Waals surface area contributed by atoms with Crippen molar-refractivity contribution in [2.75, 3.05) is 28.3 Å². The van der Waals surface area contributed by atoms with E-state index < -0.39 is 9.84 Å². The number of hydrogen-bond acceptors (Lipinski definition) is 4. The van der Waals surface area contributed by atoms with E-state index in [4.69, 9.17) is 23.2 Å². The molecule has 1 aliphatic heterocycles. The molecule has 1 heterocycles. The number of carbonyl (C=O) groups excluding carboxylic acids is 1. The minimum atomic E-state index is -3.11. The van der Waals surface area contributed by atoms with Crippen molar-refractivity contribution >= 4 is 50.3 Å². The van der Waals surface area contributed by atoms with Gasteiger partial charge in [0.2, 0.25) is 5.91 Å². The Kier molecular flexibility index (Phi) is 5.75. The van der Waals surface area contributed by atoms with Crippen LogP contribution in [0.3, 0.4) is 0 Å². The summed E-state index contributed by atoms with van der Waals surface area (Å²) in [6.07, 6.45) is 0.436. The Labute approximate surface area is 162 Å². The Morgan fingerprint density at radius 1 is 1.12 bits per heavy atom. The Bertz CT molecular complexity index is 884. The van der Waals surface area contributed by atoms with E-state index in [0.717, 1.165) is 0 Å². The molecule has 3 rings (SSSR count). The Hall–Kier alpha value is -1.76. The van der Waals surface area contributed by atoms with Crippen LogP contribution in [0.25, 0.3) is 0 Å². The van der Waals surface area contributed by atoms with Crippen molar-refractivity contribution in [3.63, 3.8) is 0 Å². The summed E-state index contributed by atoms with van der Waals surface area (Å²) in [6.45, 7) is 0.00210. The number of benzene rings is 2. The number of nitrogens with one attached hydrogen (secondary N) is 1. The number of para-hydroxylation sites is 1. The van der Waals surface area contributed by atoms with Gasteiger partial charge in [0.15, 0.2) is 9.84 Å². The fourth-order valence-corrected chi connectivity index (χ4v) is 5.27. The van der Waals surface area contributed by atoms with Crippen LogP contribution < -0.4 is 10.2 Å². The lowest BCUT2D eigenvalue weighted by molar-refractivity contribution is -0.117. The first-order valence-electron chi connectivity index (χ1n) is 8.11. The highest BCUT2D eigenvalue weighted by molar-refractivity contribution is 7.91. The van der Waals surface area contributed by atoms with Gasteiger partial charge in [0, 0.05) is 21.4 Å². The molecule has 0 aromatic heterocycles. The molecule has 1 atom stereocenters. The molecule has 1 saturated heterocycles.